The monoisotopic (exact) mass is 190 g/mol. The molecule has 0 amide bonds. The molecule has 0 N–H and O–H groups in total. The number of rotatable bonds is 0. The van der Waals surface area contributed by atoms with Gasteiger partial charge in [-0.25, -0.2) is 0 Å². The normalized spacial score (nSPS) is 48.3. The summed E-state index contributed by atoms with van der Waals surface area (Å²) in [5.41, 5.74) is 1.20. The zero-order chi connectivity index (χ0) is 10.0. The fourth-order valence-electron chi connectivity index (χ4n) is 4.25. The van der Waals surface area contributed by atoms with Crippen LogP contribution in [0.2, 0.25) is 0 Å². The molecule has 0 spiro atoms. The molecule has 76 valence electrons. The lowest BCUT2D eigenvalue weighted by Crippen LogP contribution is -2.36. The van der Waals surface area contributed by atoms with Crippen LogP contribution in [0.1, 0.15) is 46.0 Å². The second-order valence-corrected chi connectivity index (χ2v) is 6.14. The van der Waals surface area contributed by atoms with Gasteiger partial charge < -0.3 is 0 Å². The van der Waals surface area contributed by atoms with Crippen molar-refractivity contribution >= 4 is 5.78 Å². The first-order valence-corrected chi connectivity index (χ1v) is 5.74. The molecule has 0 unspecified atom stereocenters. The molecule has 2 saturated carbocycles. The third-order valence-corrected chi connectivity index (χ3v) is 5.17. The van der Waals surface area contributed by atoms with Crippen molar-refractivity contribution in [2.45, 2.75) is 46.0 Å². The van der Waals surface area contributed by atoms with E-state index in [-0.39, 0.29) is 0 Å². The molecular formula is C13H18O. The molecule has 0 aliphatic heterocycles. The van der Waals surface area contributed by atoms with Crippen molar-refractivity contribution in [3.63, 3.8) is 0 Å². The molecule has 3 aliphatic rings. The molecule has 0 saturated heterocycles. The number of hydrogen-bond acceptors (Lipinski definition) is 1. The van der Waals surface area contributed by atoms with E-state index in [1.54, 1.807) is 0 Å². The van der Waals surface area contributed by atoms with E-state index in [9.17, 15) is 4.79 Å². The van der Waals surface area contributed by atoms with Crippen LogP contribution in [0.15, 0.2) is 12.2 Å². The van der Waals surface area contributed by atoms with Crippen LogP contribution < -0.4 is 0 Å². The zero-order valence-electron chi connectivity index (χ0n) is 9.10. The number of hydrogen-bond donors (Lipinski definition) is 0. The van der Waals surface area contributed by atoms with E-state index >= 15 is 0 Å². The van der Waals surface area contributed by atoms with Crippen LogP contribution in [0.4, 0.5) is 0 Å². The largest absolute Gasteiger partial charge is 0.295 e. The van der Waals surface area contributed by atoms with E-state index in [1.165, 1.54) is 25.7 Å². The summed E-state index contributed by atoms with van der Waals surface area (Å²) in [5.74, 6) is 0.357. The van der Waals surface area contributed by atoms with Gasteiger partial charge in [-0.3, -0.25) is 4.79 Å². The minimum Gasteiger partial charge on any atom is -0.295 e. The van der Waals surface area contributed by atoms with Crippen LogP contribution in [0.25, 0.3) is 0 Å². The van der Waals surface area contributed by atoms with E-state index < -0.39 is 0 Å². The van der Waals surface area contributed by atoms with Crippen molar-refractivity contribution in [3.05, 3.63) is 12.2 Å². The molecule has 2 atom stereocenters. The topological polar surface area (TPSA) is 17.1 Å². The molecule has 3 rings (SSSR count). The molecule has 3 aliphatic carbocycles. The Morgan fingerprint density at radius 2 is 2.07 bits per heavy atom. The highest BCUT2D eigenvalue weighted by atomic mass is 16.1. The van der Waals surface area contributed by atoms with E-state index in [2.05, 4.69) is 19.9 Å². The van der Waals surface area contributed by atoms with Gasteiger partial charge in [-0.1, -0.05) is 26.3 Å². The van der Waals surface area contributed by atoms with Gasteiger partial charge in [0.15, 0.2) is 5.78 Å². The van der Waals surface area contributed by atoms with Gasteiger partial charge in [0.2, 0.25) is 0 Å². The summed E-state index contributed by atoms with van der Waals surface area (Å²) in [7, 11) is 0. The zero-order valence-corrected chi connectivity index (χ0v) is 9.10. The minimum atomic E-state index is 0.357. The molecule has 0 aromatic heterocycles. The standard InChI is InChI=1S/C13H18O/c1-11(2)5-3-6-12-8-10(14)4-7-13(11,12)9-12/h4,7H,3,5-6,8-9H2,1-2H3/t12-,13+/m0/s1. The average molecular weight is 190 g/mol. The van der Waals surface area contributed by atoms with Gasteiger partial charge >= 0.3 is 0 Å². The van der Waals surface area contributed by atoms with Crippen molar-refractivity contribution < 1.29 is 4.79 Å². The fraction of sp³-hybridized carbons (Fsp3) is 0.769. The summed E-state index contributed by atoms with van der Waals surface area (Å²) < 4.78 is 0. The maximum Gasteiger partial charge on any atom is 0.155 e. The maximum absolute atomic E-state index is 11.5. The number of carbonyl (C=O) groups excluding carboxylic acids is 1. The van der Waals surface area contributed by atoms with Gasteiger partial charge in [-0.15, -0.1) is 0 Å². The molecule has 14 heavy (non-hydrogen) atoms. The smallest absolute Gasteiger partial charge is 0.155 e. The van der Waals surface area contributed by atoms with Crippen molar-refractivity contribution in [1.82, 2.24) is 0 Å². The van der Waals surface area contributed by atoms with Gasteiger partial charge in [-0.2, -0.15) is 0 Å². The minimum absolute atomic E-state index is 0.357. The molecule has 0 heterocycles. The molecule has 1 heteroatoms. The Hall–Kier alpha value is -0.590. The molecule has 2 fully saturated rings. The first-order chi connectivity index (χ1) is 6.52. The van der Waals surface area contributed by atoms with Crippen molar-refractivity contribution in [2.24, 2.45) is 16.2 Å². The molecule has 0 bridgehead atoms. The lowest BCUT2D eigenvalue weighted by atomic mass is 9.61. The second kappa shape index (κ2) is 2.15. The molecular weight excluding hydrogens is 172 g/mol. The summed E-state index contributed by atoms with van der Waals surface area (Å²) in [6.45, 7) is 4.77. The Balaban J connectivity index is 2.08. The first-order valence-electron chi connectivity index (χ1n) is 5.74. The van der Waals surface area contributed by atoms with Crippen LogP contribution >= 0.6 is 0 Å². The van der Waals surface area contributed by atoms with Gasteiger partial charge in [-0.05, 0) is 36.2 Å². The number of allylic oxidation sites excluding steroid dienone is 2. The number of ketones is 1. The maximum atomic E-state index is 11.5. The van der Waals surface area contributed by atoms with Crippen molar-refractivity contribution in [1.29, 1.82) is 0 Å². The van der Waals surface area contributed by atoms with Crippen molar-refractivity contribution in [2.75, 3.05) is 0 Å². The Morgan fingerprint density at radius 3 is 2.86 bits per heavy atom. The Bertz CT molecular complexity index is 339. The van der Waals surface area contributed by atoms with E-state index in [1.807, 2.05) is 6.08 Å². The summed E-state index contributed by atoms with van der Waals surface area (Å²) in [6.07, 6.45) is 10.1. The Kier molecular flexibility index (Phi) is 1.34. The summed E-state index contributed by atoms with van der Waals surface area (Å²) in [6, 6.07) is 0. The summed E-state index contributed by atoms with van der Waals surface area (Å²) in [5, 5.41) is 0. The van der Waals surface area contributed by atoms with Crippen LogP contribution in [-0.2, 0) is 4.79 Å². The molecule has 0 aromatic carbocycles. The summed E-state index contributed by atoms with van der Waals surface area (Å²) in [4.78, 5) is 11.5. The predicted molar refractivity (Wildman–Crippen MR) is 55.9 cm³/mol. The average Bonchev–Trinajstić information content (AvgIpc) is 2.74. The van der Waals surface area contributed by atoms with Gasteiger partial charge in [0, 0.05) is 11.8 Å². The van der Waals surface area contributed by atoms with E-state index in [0.29, 0.717) is 22.0 Å². The third kappa shape index (κ3) is 0.757. The highest BCUT2D eigenvalue weighted by molar-refractivity contribution is 5.92. The Labute approximate surface area is 85.6 Å². The predicted octanol–water partition coefficient (Wildman–Crippen LogP) is 3.10. The van der Waals surface area contributed by atoms with Gasteiger partial charge in [0.1, 0.15) is 0 Å². The van der Waals surface area contributed by atoms with Gasteiger partial charge in [0.05, 0.1) is 0 Å². The Morgan fingerprint density at radius 1 is 1.29 bits per heavy atom. The highest BCUT2D eigenvalue weighted by Crippen LogP contribution is 2.80. The van der Waals surface area contributed by atoms with E-state index in [4.69, 9.17) is 0 Å². The molecule has 0 aromatic rings. The van der Waals surface area contributed by atoms with Crippen molar-refractivity contribution in [3.8, 4) is 0 Å². The first kappa shape index (κ1) is 8.70. The SMILES string of the molecule is CC1(C)CCC[C@@]23CC(=O)C=C[C@@]12C3. The third-order valence-electron chi connectivity index (χ3n) is 5.17. The number of carbonyl (C=O) groups is 1. The van der Waals surface area contributed by atoms with Crippen LogP contribution in [0, 0.1) is 16.2 Å². The van der Waals surface area contributed by atoms with Crippen LogP contribution in [0.3, 0.4) is 0 Å². The summed E-state index contributed by atoms with van der Waals surface area (Å²) >= 11 is 0. The lowest BCUT2D eigenvalue weighted by molar-refractivity contribution is -0.117. The van der Waals surface area contributed by atoms with Gasteiger partial charge in [0.25, 0.3) is 0 Å². The molecule has 0 radical (unpaired) electrons. The quantitative estimate of drug-likeness (QED) is 0.573. The lowest BCUT2D eigenvalue weighted by Gasteiger charge is -2.43. The highest BCUT2D eigenvalue weighted by Gasteiger charge is 2.73. The van der Waals surface area contributed by atoms with E-state index in [0.717, 1.165) is 6.42 Å². The molecule has 1 nitrogen and oxygen atoms in total. The second-order valence-electron chi connectivity index (χ2n) is 6.14. The van der Waals surface area contributed by atoms with Crippen LogP contribution in [0.5, 0.6) is 0 Å². The van der Waals surface area contributed by atoms with Crippen LogP contribution in [-0.4, -0.2) is 5.78 Å². The fourth-order valence-corrected chi connectivity index (χ4v) is 4.25.